The summed E-state index contributed by atoms with van der Waals surface area (Å²) >= 11 is 3.36. The van der Waals surface area contributed by atoms with E-state index in [1.807, 2.05) is 18.2 Å². The lowest BCUT2D eigenvalue weighted by Gasteiger charge is -2.20. The Morgan fingerprint density at radius 1 is 1.56 bits per heavy atom. The first kappa shape index (κ1) is 11.6. The molecule has 1 aromatic rings. The largest absolute Gasteiger partial charge is 0.391 e. The van der Waals surface area contributed by atoms with E-state index in [9.17, 15) is 9.90 Å². The van der Waals surface area contributed by atoms with Crippen molar-refractivity contribution in [2.24, 2.45) is 0 Å². The van der Waals surface area contributed by atoms with Gasteiger partial charge in [-0.05, 0) is 31.5 Å². The molecular weight excluding hydrogens is 270 g/mol. The van der Waals surface area contributed by atoms with Gasteiger partial charge in [0.25, 0.3) is 0 Å². The van der Waals surface area contributed by atoms with Crippen molar-refractivity contribution in [3.8, 4) is 0 Å². The first-order chi connectivity index (χ1) is 7.58. The third-order valence-corrected chi connectivity index (χ3v) is 3.34. The molecule has 0 bridgehead atoms. The van der Waals surface area contributed by atoms with Gasteiger partial charge in [0, 0.05) is 28.8 Å². The highest BCUT2D eigenvalue weighted by Crippen LogP contribution is 2.27. The Morgan fingerprint density at radius 3 is 2.88 bits per heavy atom. The van der Waals surface area contributed by atoms with Gasteiger partial charge in [-0.2, -0.15) is 0 Å². The summed E-state index contributed by atoms with van der Waals surface area (Å²) in [6.45, 7) is 2.99. The second-order valence-electron chi connectivity index (χ2n) is 4.11. The molecule has 1 saturated heterocycles. The molecule has 1 aromatic carbocycles. The standard InChI is InChI=1S/C12H14BrNO2/c1-8(15)11-6-9(13)2-3-12(11)14-5-4-10(16)7-14/h2-3,6,10,16H,4-5,7H2,1H3. The molecule has 4 heteroatoms. The zero-order chi connectivity index (χ0) is 11.7. The summed E-state index contributed by atoms with van der Waals surface area (Å²) in [5.74, 6) is 0.0534. The number of aliphatic hydroxyl groups excluding tert-OH is 1. The van der Waals surface area contributed by atoms with Crippen molar-refractivity contribution in [1.82, 2.24) is 0 Å². The van der Waals surface area contributed by atoms with Gasteiger partial charge in [-0.3, -0.25) is 4.79 Å². The molecule has 1 unspecified atom stereocenters. The van der Waals surface area contributed by atoms with Crippen LogP contribution >= 0.6 is 15.9 Å². The van der Waals surface area contributed by atoms with Crippen LogP contribution in [0.15, 0.2) is 22.7 Å². The highest BCUT2D eigenvalue weighted by molar-refractivity contribution is 9.10. The Labute approximate surface area is 103 Å². The SMILES string of the molecule is CC(=O)c1cc(Br)ccc1N1CCC(O)C1. The molecule has 86 valence electrons. The minimum absolute atomic E-state index is 0.0534. The quantitative estimate of drug-likeness (QED) is 0.847. The van der Waals surface area contributed by atoms with Crippen LogP contribution in [0.4, 0.5) is 5.69 Å². The van der Waals surface area contributed by atoms with Gasteiger partial charge in [0.15, 0.2) is 5.78 Å². The van der Waals surface area contributed by atoms with E-state index in [4.69, 9.17) is 0 Å². The van der Waals surface area contributed by atoms with Gasteiger partial charge in [-0.15, -0.1) is 0 Å². The smallest absolute Gasteiger partial charge is 0.161 e. The van der Waals surface area contributed by atoms with Crippen LogP contribution in [0.3, 0.4) is 0 Å². The number of rotatable bonds is 2. The van der Waals surface area contributed by atoms with Crippen molar-refractivity contribution in [3.63, 3.8) is 0 Å². The van der Waals surface area contributed by atoms with E-state index in [1.54, 1.807) is 6.92 Å². The normalized spacial score (nSPS) is 20.2. The number of Topliss-reactive ketones (excluding diaryl/α,β-unsaturated/α-hetero) is 1. The third kappa shape index (κ3) is 2.28. The average molecular weight is 284 g/mol. The monoisotopic (exact) mass is 283 g/mol. The number of hydrogen-bond acceptors (Lipinski definition) is 3. The number of carbonyl (C=O) groups is 1. The first-order valence-electron chi connectivity index (χ1n) is 5.31. The first-order valence-corrected chi connectivity index (χ1v) is 6.10. The number of nitrogens with zero attached hydrogens (tertiary/aromatic N) is 1. The summed E-state index contributed by atoms with van der Waals surface area (Å²) in [5.41, 5.74) is 1.63. The predicted molar refractivity (Wildman–Crippen MR) is 67.0 cm³/mol. The Kier molecular flexibility index (Phi) is 3.30. The molecule has 1 N–H and O–H groups in total. The van der Waals surface area contributed by atoms with Crippen LogP contribution in [0.5, 0.6) is 0 Å². The zero-order valence-electron chi connectivity index (χ0n) is 9.11. The number of benzene rings is 1. The number of aliphatic hydroxyl groups is 1. The summed E-state index contributed by atoms with van der Waals surface area (Å²) in [4.78, 5) is 13.6. The molecular formula is C12H14BrNO2. The van der Waals surface area contributed by atoms with Crippen LogP contribution in [0, 0.1) is 0 Å². The van der Waals surface area contributed by atoms with Crippen LogP contribution in [0.25, 0.3) is 0 Å². The summed E-state index contributed by atoms with van der Waals surface area (Å²) < 4.78 is 0.904. The van der Waals surface area contributed by atoms with E-state index in [1.165, 1.54) is 0 Å². The lowest BCUT2D eigenvalue weighted by molar-refractivity contribution is 0.101. The second kappa shape index (κ2) is 4.55. The van der Waals surface area contributed by atoms with Gasteiger partial charge in [-0.1, -0.05) is 15.9 Å². The maximum Gasteiger partial charge on any atom is 0.161 e. The van der Waals surface area contributed by atoms with Crippen LogP contribution in [-0.2, 0) is 0 Å². The van der Waals surface area contributed by atoms with Crippen molar-refractivity contribution in [2.45, 2.75) is 19.4 Å². The third-order valence-electron chi connectivity index (χ3n) is 2.84. The summed E-state index contributed by atoms with van der Waals surface area (Å²) in [6, 6.07) is 5.69. The highest BCUT2D eigenvalue weighted by atomic mass is 79.9. The molecule has 1 heterocycles. The van der Waals surface area contributed by atoms with E-state index < -0.39 is 0 Å². The molecule has 3 nitrogen and oxygen atoms in total. The van der Waals surface area contributed by atoms with Crippen LogP contribution in [0.1, 0.15) is 23.7 Å². The molecule has 16 heavy (non-hydrogen) atoms. The van der Waals surface area contributed by atoms with Crippen LogP contribution in [-0.4, -0.2) is 30.1 Å². The Hall–Kier alpha value is -0.870. The summed E-state index contributed by atoms with van der Waals surface area (Å²) in [5, 5.41) is 9.51. The van der Waals surface area contributed by atoms with E-state index in [0.29, 0.717) is 12.1 Å². The number of β-amino-alcohol motifs (C(OH)–C–C–N with tert-alkyl or cyclic N) is 1. The van der Waals surface area contributed by atoms with Crippen molar-refractivity contribution >= 4 is 27.4 Å². The summed E-state index contributed by atoms with van der Waals surface area (Å²) in [6.07, 6.45) is 0.497. The lowest BCUT2D eigenvalue weighted by atomic mass is 10.1. The molecule has 0 spiro atoms. The van der Waals surface area contributed by atoms with Gasteiger partial charge in [0.05, 0.1) is 6.10 Å². The number of hydrogen-bond donors (Lipinski definition) is 1. The minimum atomic E-state index is -0.275. The maximum absolute atomic E-state index is 11.5. The number of ketones is 1. The minimum Gasteiger partial charge on any atom is -0.391 e. The van der Waals surface area contributed by atoms with Gasteiger partial charge in [-0.25, -0.2) is 0 Å². The van der Waals surface area contributed by atoms with Gasteiger partial charge in [0.2, 0.25) is 0 Å². The number of carbonyl (C=O) groups excluding carboxylic acids is 1. The molecule has 0 aromatic heterocycles. The van der Waals surface area contributed by atoms with Crippen LogP contribution < -0.4 is 4.90 Å². The molecule has 0 amide bonds. The zero-order valence-corrected chi connectivity index (χ0v) is 10.7. The Bertz CT molecular complexity index is 419. The molecule has 1 atom stereocenters. The van der Waals surface area contributed by atoms with Gasteiger partial charge in [0.1, 0.15) is 0 Å². The number of anilines is 1. The highest BCUT2D eigenvalue weighted by Gasteiger charge is 2.23. The second-order valence-corrected chi connectivity index (χ2v) is 5.02. The Morgan fingerprint density at radius 2 is 2.31 bits per heavy atom. The van der Waals surface area contributed by atoms with Crippen molar-refractivity contribution < 1.29 is 9.90 Å². The average Bonchev–Trinajstić information content (AvgIpc) is 2.64. The molecule has 1 aliphatic rings. The van der Waals surface area contributed by atoms with E-state index in [0.717, 1.165) is 23.1 Å². The lowest BCUT2D eigenvalue weighted by Crippen LogP contribution is -2.23. The van der Waals surface area contributed by atoms with E-state index in [-0.39, 0.29) is 11.9 Å². The molecule has 0 aliphatic carbocycles. The topological polar surface area (TPSA) is 40.5 Å². The fourth-order valence-electron chi connectivity index (χ4n) is 2.03. The number of halogens is 1. The van der Waals surface area contributed by atoms with E-state index >= 15 is 0 Å². The van der Waals surface area contributed by atoms with Gasteiger partial charge < -0.3 is 10.0 Å². The van der Waals surface area contributed by atoms with Gasteiger partial charge >= 0.3 is 0 Å². The molecule has 0 saturated carbocycles. The predicted octanol–water partition coefficient (Wildman–Crippen LogP) is 2.22. The molecule has 1 aliphatic heterocycles. The Balaban J connectivity index is 2.36. The van der Waals surface area contributed by atoms with Crippen LogP contribution in [0.2, 0.25) is 0 Å². The molecule has 0 radical (unpaired) electrons. The molecule has 2 rings (SSSR count). The van der Waals surface area contributed by atoms with E-state index in [2.05, 4.69) is 20.8 Å². The van der Waals surface area contributed by atoms with Crippen molar-refractivity contribution in [2.75, 3.05) is 18.0 Å². The van der Waals surface area contributed by atoms with Crippen molar-refractivity contribution in [1.29, 1.82) is 0 Å². The fraction of sp³-hybridized carbons (Fsp3) is 0.417. The summed E-state index contributed by atoms with van der Waals surface area (Å²) in [7, 11) is 0. The maximum atomic E-state index is 11.5. The fourth-order valence-corrected chi connectivity index (χ4v) is 2.39. The molecule has 1 fully saturated rings. The van der Waals surface area contributed by atoms with Crippen molar-refractivity contribution in [3.05, 3.63) is 28.2 Å².